The summed E-state index contributed by atoms with van der Waals surface area (Å²) in [7, 11) is 0. The highest BCUT2D eigenvalue weighted by Crippen LogP contribution is 2.26. The van der Waals surface area contributed by atoms with Gasteiger partial charge in [0, 0.05) is 6.54 Å². The Morgan fingerprint density at radius 2 is 1.88 bits per heavy atom. The van der Waals surface area contributed by atoms with E-state index in [0.717, 1.165) is 24.2 Å². The zero-order chi connectivity index (χ0) is 17.6. The molecule has 0 spiro atoms. The fourth-order valence-electron chi connectivity index (χ4n) is 3.37. The number of benzene rings is 2. The molecule has 3 rings (SSSR count). The lowest BCUT2D eigenvalue weighted by Crippen LogP contribution is -2.37. The minimum atomic E-state index is -0.453. The maximum Gasteiger partial charge on any atom is 0.261 e. The van der Waals surface area contributed by atoms with Crippen LogP contribution < -0.4 is 10.1 Å². The van der Waals surface area contributed by atoms with E-state index in [9.17, 15) is 4.79 Å². The molecule has 0 unspecified atom stereocenters. The van der Waals surface area contributed by atoms with Crippen molar-refractivity contribution in [1.29, 1.82) is 0 Å². The van der Waals surface area contributed by atoms with E-state index in [-0.39, 0.29) is 5.91 Å². The molecule has 0 fully saturated rings. The van der Waals surface area contributed by atoms with Crippen LogP contribution in [-0.4, -0.2) is 12.0 Å². The van der Waals surface area contributed by atoms with Crippen molar-refractivity contribution in [3.05, 3.63) is 64.7 Å². The van der Waals surface area contributed by atoms with Gasteiger partial charge in [-0.2, -0.15) is 0 Å². The summed E-state index contributed by atoms with van der Waals surface area (Å²) in [5.41, 5.74) is 5.13. The van der Waals surface area contributed by atoms with Gasteiger partial charge in [0.05, 0.1) is 0 Å². The van der Waals surface area contributed by atoms with Crippen molar-refractivity contribution >= 4 is 5.91 Å². The van der Waals surface area contributed by atoms with Crippen LogP contribution in [0.1, 0.15) is 48.4 Å². The van der Waals surface area contributed by atoms with E-state index in [1.807, 2.05) is 31.2 Å². The van der Waals surface area contributed by atoms with Gasteiger partial charge in [-0.1, -0.05) is 37.3 Å². The van der Waals surface area contributed by atoms with Crippen LogP contribution in [0.4, 0.5) is 0 Å². The first kappa shape index (κ1) is 17.5. The number of nitrogens with one attached hydrogen (secondary N) is 1. The third-order valence-electron chi connectivity index (χ3n) is 4.98. The van der Waals surface area contributed by atoms with Crippen molar-refractivity contribution in [2.45, 2.75) is 58.6 Å². The summed E-state index contributed by atoms with van der Waals surface area (Å²) in [6.45, 7) is 4.58. The van der Waals surface area contributed by atoms with Crippen LogP contribution in [0, 0.1) is 6.92 Å². The van der Waals surface area contributed by atoms with Crippen LogP contribution in [0.25, 0.3) is 0 Å². The van der Waals surface area contributed by atoms with Gasteiger partial charge >= 0.3 is 0 Å². The average Bonchev–Trinajstić information content (AvgIpc) is 2.65. The first-order valence-electron chi connectivity index (χ1n) is 9.28. The highest BCUT2D eigenvalue weighted by Gasteiger charge is 2.19. The third kappa shape index (κ3) is 4.41. The Bertz CT molecular complexity index is 739. The summed E-state index contributed by atoms with van der Waals surface area (Å²) in [4.78, 5) is 12.5. The van der Waals surface area contributed by atoms with E-state index < -0.39 is 6.10 Å². The number of hydrogen-bond acceptors (Lipinski definition) is 2. The third-order valence-corrected chi connectivity index (χ3v) is 4.98. The van der Waals surface area contributed by atoms with Crippen molar-refractivity contribution < 1.29 is 9.53 Å². The number of rotatable bonds is 6. The van der Waals surface area contributed by atoms with Crippen molar-refractivity contribution in [1.82, 2.24) is 5.32 Å². The standard InChI is InChI=1S/C22H27NO2/c1-3-21(22(24)23-15-19-11-5-4-8-16(19)2)25-20-13-12-17-9-6-7-10-18(17)14-20/h4-5,8,11-14,21H,3,6-7,9-10,15H2,1-2H3,(H,23,24)/t21-/m0/s1. The monoisotopic (exact) mass is 337 g/mol. The summed E-state index contributed by atoms with van der Waals surface area (Å²) in [5.74, 6) is 0.752. The highest BCUT2D eigenvalue weighted by molar-refractivity contribution is 5.81. The van der Waals surface area contributed by atoms with Gasteiger partial charge in [-0.15, -0.1) is 0 Å². The number of amides is 1. The molecule has 2 aromatic carbocycles. The SMILES string of the molecule is CC[C@H](Oc1ccc2c(c1)CCCC2)C(=O)NCc1ccccc1C. The largest absolute Gasteiger partial charge is 0.481 e. The Balaban J connectivity index is 1.62. The predicted octanol–water partition coefficient (Wildman–Crippen LogP) is 4.35. The van der Waals surface area contributed by atoms with E-state index in [2.05, 4.69) is 30.4 Å². The number of hydrogen-bond donors (Lipinski definition) is 1. The van der Waals surface area contributed by atoms with Gasteiger partial charge in [-0.3, -0.25) is 4.79 Å². The van der Waals surface area contributed by atoms with Crippen molar-refractivity contribution in [3.63, 3.8) is 0 Å². The van der Waals surface area contributed by atoms with Crippen LogP contribution in [0.15, 0.2) is 42.5 Å². The molecule has 132 valence electrons. The van der Waals surface area contributed by atoms with Gasteiger partial charge in [0.2, 0.25) is 0 Å². The number of ether oxygens (including phenoxy) is 1. The van der Waals surface area contributed by atoms with Crippen LogP contribution >= 0.6 is 0 Å². The molecule has 1 N–H and O–H groups in total. The van der Waals surface area contributed by atoms with E-state index >= 15 is 0 Å². The van der Waals surface area contributed by atoms with E-state index in [1.165, 1.54) is 29.5 Å². The molecule has 1 aliphatic carbocycles. The number of carbonyl (C=O) groups is 1. The molecule has 0 heterocycles. The molecular formula is C22H27NO2. The van der Waals surface area contributed by atoms with Crippen molar-refractivity contribution in [2.24, 2.45) is 0 Å². The van der Waals surface area contributed by atoms with Gasteiger partial charge in [-0.25, -0.2) is 0 Å². The second-order valence-electron chi connectivity index (χ2n) is 6.80. The molecule has 1 amide bonds. The highest BCUT2D eigenvalue weighted by atomic mass is 16.5. The summed E-state index contributed by atoms with van der Waals surface area (Å²) in [6.07, 6.45) is 4.98. The van der Waals surface area contributed by atoms with Crippen molar-refractivity contribution in [3.8, 4) is 5.75 Å². The molecule has 1 atom stereocenters. The molecule has 0 saturated carbocycles. The number of fused-ring (bicyclic) bond motifs is 1. The molecular weight excluding hydrogens is 310 g/mol. The quantitative estimate of drug-likeness (QED) is 0.851. The fourth-order valence-corrected chi connectivity index (χ4v) is 3.37. The summed E-state index contributed by atoms with van der Waals surface area (Å²) in [6, 6.07) is 14.4. The van der Waals surface area contributed by atoms with Crippen LogP contribution in [0.3, 0.4) is 0 Å². The first-order chi connectivity index (χ1) is 12.2. The molecule has 3 nitrogen and oxygen atoms in total. The average molecular weight is 337 g/mol. The molecule has 0 saturated heterocycles. The molecule has 0 bridgehead atoms. The minimum Gasteiger partial charge on any atom is -0.481 e. The number of carbonyl (C=O) groups excluding carboxylic acids is 1. The number of aryl methyl sites for hydroxylation is 3. The lowest BCUT2D eigenvalue weighted by atomic mass is 9.92. The molecule has 3 heteroatoms. The molecule has 0 aromatic heterocycles. The van der Waals surface area contributed by atoms with Gasteiger partial charge in [0.15, 0.2) is 6.10 Å². The lowest BCUT2D eigenvalue weighted by Gasteiger charge is -2.20. The van der Waals surface area contributed by atoms with Gasteiger partial charge in [0.1, 0.15) is 5.75 Å². The maximum absolute atomic E-state index is 12.5. The molecule has 2 aromatic rings. The normalized spacial score (nSPS) is 14.5. The second kappa shape index (κ2) is 8.19. The smallest absolute Gasteiger partial charge is 0.261 e. The van der Waals surface area contributed by atoms with Gasteiger partial charge in [0.25, 0.3) is 5.91 Å². The van der Waals surface area contributed by atoms with Crippen LogP contribution in [0.5, 0.6) is 5.75 Å². The molecule has 25 heavy (non-hydrogen) atoms. The zero-order valence-electron chi connectivity index (χ0n) is 15.2. The maximum atomic E-state index is 12.5. The Labute approximate surface area is 150 Å². The Kier molecular flexibility index (Phi) is 5.75. The molecule has 0 aliphatic heterocycles. The Morgan fingerprint density at radius 3 is 2.64 bits per heavy atom. The van der Waals surface area contributed by atoms with Crippen LogP contribution in [-0.2, 0) is 24.2 Å². The minimum absolute atomic E-state index is 0.0523. The zero-order valence-corrected chi connectivity index (χ0v) is 15.2. The summed E-state index contributed by atoms with van der Waals surface area (Å²) in [5, 5.41) is 3.01. The summed E-state index contributed by atoms with van der Waals surface area (Å²) >= 11 is 0. The van der Waals surface area contributed by atoms with E-state index in [4.69, 9.17) is 4.74 Å². The van der Waals surface area contributed by atoms with Gasteiger partial charge in [-0.05, 0) is 73.4 Å². The Morgan fingerprint density at radius 1 is 1.12 bits per heavy atom. The molecule has 0 radical (unpaired) electrons. The lowest BCUT2D eigenvalue weighted by molar-refractivity contribution is -0.128. The van der Waals surface area contributed by atoms with E-state index in [1.54, 1.807) is 0 Å². The summed E-state index contributed by atoms with van der Waals surface area (Å²) < 4.78 is 6.00. The first-order valence-corrected chi connectivity index (χ1v) is 9.28. The van der Waals surface area contributed by atoms with Gasteiger partial charge < -0.3 is 10.1 Å². The van der Waals surface area contributed by atoms with Crippen molar-refractivity contribution in [2.75, 3.05) is 0 Å². The Hall–Kier alpha value is -2.29. The fraction of sp³-hybridized carbons (Fsp3) is 0.409. The second-order valence-corrected chi connectivity index (χ2v) is 6.80. The molecule has 1 aliphatic rings. The van der Waals surface area contributed by atoms with E-state index in [0.29, 0.717) is 13.0 Å². The van der Waals surface area contributed by atoms with Crippen LogP contribution in [0.2, 0.25) is 0 Å². The topological polar surface area (TPSA) is 38.3 Å². The predicted molar refractivity (Wildman–Crippen MR) is 101 cm³/mol.